The molecule has 2 fully saturated rings. The molecule has 3 N–H and O–H groups in total. The monoisotopic (exact) mass is 363 g/mol. The minimum Gasteiger partial charge on any atom is -0.355 e. The van der Waals surface area contributed by atoms with Crippen molar-refractivity contribution in [2.75, 3.05) is 19.6 Å². The first-order valence-electron chi connectivity index (χ1n) is 9.47. The third kappa shape index (κ3) is 4.61. The Balaban J connectivity index is 1.41. The first-order valence-corrected chi connectivity index (χ1v) is 10.3. The second-order valence-electron chi connectivity index (χ2n) is 7.40. The maximum atomic E-state index is 12.8. The lowest BCUT2D eigenvalue weighted by molar-refractivity contribution is -0.141. The van der Waals surface area contributed by atoms with Gasteiger partial charge in [-0.25, -0.2) is 0 Å². The molecule has 25 heavy (non-hydrogen) atoms. The van der Waals surface area contributed by atoms with Crippen molar-refractivity contribution in [3.63, 3.8) is 0 Å². The number of likely N-dealkylation sites (tertiary alicyclic amines) is 1. The lowest BCUT2D eigenvalue weighted by Crippen LogP contribution is -2.58. The van der Waals surface area contributed by atoms with Crippen LogP contribution in [0.15, 0.2) is 17.5 Å². The summed E-state index contributed by atoms with van der Waals surface area (Å²) in [6.45, 7) is 1.99. The van der Waals surface area contributed by atoms with E-state index in [1.807, 2.05) is 11.0 Å². The molecule has 1 aliphatic heterocycles. The summed E-state index contributed by atoms with van der Waals surface area (Å²) in [5, 5.41) is 5.10. The van der Waals surface area contributed by atoms with E-state index in [9.17, 15) is 9.59 Å². The van der Waals surface area contributed by atoms with Gasteiger partial charge in [-0.05, 0) is 43.6 Å². The van der Waals surface area contributed by atoms with Crippen molar-refractivity contribution in [2.45, 2.75) is 56.9 Å². The van der Waals surface area contributed by atoms with E-state index in [4.69, 9.17) is 5.73 Å². The van der Waals surface area contributed by atoms with Gasteiger partial charge < -0.3 is 16.0 Å². The van der Waals surface area contributed by atoms with Crippen molar-refractivity contribution < 1.29 is 9.59 Å². The van der Waals surface area contributed by atoms with Gasteiger partial charge in [0.25, 0.3) is 0 Å². The van der Waals surface area contributed by atoms with Crippen LogP contribution in [0.2, 0.25) is 0 Å². The number of carbonyl (C=O) groups is 2. The molecule has 1 aromatic heterocycles. The average Bonchev–Trinajstić information content (AvgIpc) is 3.15. The summed E-state index contributed by atoms with van der Waals surface area (Å²) in [6.07, 6.45) is 7.25. The zero-order valence-corrected chi connectivity index (χ0v) is 15.7. The van der Waals surface area contributed by atoms with E-state index in [-0.39, 0.29) is 17.7 Å². The highest BCUT2D eigenvalue weighted by molar-refractivity contribution is 7.09. The summed E-state index contributed by atoms with van der Waals surface area (Å²) in [5.41, 5.74) is 5.71. The standard InChI is InChI=1S/C19H29N3O2S/c20-19(9-2-1-3-10-19)18(24)22-12-7-15(8-13-22)17(23)21-11-6-16-5-4-14-25-16/h4-5,14-15H,1-3,6-13,20H2,(H,21,23). The van der Waals surface area contributed by atoms with Crippen molar-refractivity contribution in [2.24, 2.45) is 11.7 Å². The summed E-state index contributed by atoms with van der Waals surface area (Å²) in [4.78, 5) is 28.3. The van der Waals surface area contributed by atoms with Crippen LogP contribution in [0.3, 0.4) is 0 Å². The highest BCUT2D eigenvalue weighted by Crippen LogP contribution is 2.29. The fourth-order valence-corrected chi connectivity index (χ4v) is 4.67. The number of nitrogens with two attached hydrogens (primary N) is 1. The Morgan fingerprint density at radius 2 is 1.96 bits per heavy atom. The minimum absolute atomic E-state index is 0.0208. The summed E-state index contributed by atoms with van der Waals surface area (Å²) < 4.78 is 0. The molecular formula is C19H29N3O2S. The van der Waals surface area contributed by atoms with Gasteiger partial charge in [0.2, 0.25) is 11.8 Å². The fourth-order valence-electron chi connectivity index (χ4n) is 3.96. The molecule has 0 bridgehead atoms. The largest absolute Gasteiger partial charge is 0.355 e. The number of nitrogens with one attached hydrogen (secondary N) is 1. The minimum atomic E-state index is -0.659. The highest BCUT2D eigenvalue weighted by Gasteiger charge is 2.39. The molecule has 2 amide bonds. The SMILES string of the molecule is NC1(C(=O)N2CCC(C(=O)NCCc3cccs3)CC2)CCCCC1. The van der Waals surface area contributed by atoms with E-state index in [0.29, 0.717) is 19.6 Å². The Hall–Kier alpha value is -1.40. The second-order valence-corrected chi connectivity index (χ2v) is 8.44. The molecule has 0 unspecified atom stereocenters. The van der Waals surface area contributed by atoms with Gasteiger partial charge in [0.15, 0.2) is 0 Å². The molecule has 6 heteroatoms. The molecule has 1 aliphatic carbocycles. The first kappa shape index (κ1) is 18.4. The van der Waals surface area contributed by atoms with E-state index >= 15 is 0 Å². The zero-order valence-electron chi connectivity index (χ0n) is 14.8. The highest BCUT2D eigenvalue weighted by atomic mass is 32.1. The van der Waals surface area contributed by atoms with E-state index < -0.39 is 5.54 Å². The van der Waals surface area contributed by atoms with E-state index in [0.717, 1.165) is 44.9 Å². The normalized spacial score (nSPS) is 21.1. The summed E-state index contributed by atoms with van der Waals surface area (Å²) in [6, 6.07) is 4.12. The summed E-state index contributed by atoms with van der Waals surface area (Å²) in [7, 11) is 0. The number of piperidine rings is 1. The third-order valence-corrected chi connectivity index (χ3v) is 6.51. The molecule has 1 saturated carbocycles. The first-order chi connectivity index (χ1) is 12.1. The number of hydrogen-bond donors (Lipinski definition) is 2. The van der Waals surface area contributed by atoms with Crippen LogP contribution < -0.4 is 11.1 Å². The predicted molar refractivity (Wildman–Crippen MR) is 100 cm³/mol. The lowest BCUT2D eigenvalue weighted by Gasteiger charge is -2.39. The molecule has 138 valence electrons. The van der Waals surface area contributed by atoms with Crippen LogP contribution in [0.5, 0.6) is 0 Å². The maximum Gasteiger partial charge on any atom is 0.242 e. The van der Waals surface area contributed by atoms with Gasteiger partial charge in [-0.15, -0.1) is 11.3 Å². The van der Waals surface area contributed by atoms with Crippen molar-refractivity contribution in [1.29, 1.82) is 0 Å². The van der Waals surface area contributed by atoms with Gasteiger partial charge in [0.1, 0.15) is 0 Å². The Morgan fingerprint density at radius 3 is 2.60 bits per heavy atom. The van der Waals surface area contributed by atoms with Crippen LogP contribution in [-0.2, 0) is 16.0 Å². The van der Waals surface area contributed by atoms with E-state index in [1.54, 1.807) is 11.3 Å². The van der Waals surface area contributed by atoms with Crippen LogP contribution in [0, 0.1) is 5.92 Å². The van der Waals surface area contributed by atoms with Crippen LogP contribution in [-0.4, -0.2) is 41.9 Å². The fraction of sp³-hybridized carbons (Fsp3) is 0.684. The second kappa shape index (κ2) is 8.32. The number of thiophene rings is 1. The summed E-state index contributed by atoms with van der Waals surface area (Å²) >= 11 is 1.72. The molecule has 0 atom stereocenters. The van der Waals surface area contributed by atoms with Gasteiger partial charge in [0.05, 0.1) is 5.54 Å². The quantitative estimate of drug-likeness (QED) is 0.843. The Morgan fingerprint density at radius 1 is 1.24 bits per heavy atom. The Kier molecular flexibility index (Phi) is 6.12. The molecule has 0 radical (unpaired) electrons. The third-order valence-electron chi connectivity index (χ3n) is 5.58. The van der Waals surface area contributed by atoms with Gasteiger partial charge in [-0.2, -0.15) is 0 Å². The number of carbonyl (C=O) groups excluding carboxylic acids is 2. The number of rotatable bonds is 5. The van der Waals surface area contributed by atoms with Crippen molar-refractivity contribution in [3.8, 4) is 0 Å². The molecule has 0 aromatic carbocycles. The molecule has 2 heterocycles. The van der Waals surface area contributed by atoms with Crippen LogP contribution >= 0.6 is 11.3 Å². The molecule has 1 aromatic rings. The molecule has 3 rings (SSSR count). The van der Waals surface area contributed by atoms with Gasteiger partial charge >= 0.3 is 0 Å². The predicted octanol–water partition coefficient (Wildman–Crippen LogP) is 2.31. The van der Waals surface area contributed by atoms with Crippen molar-refractivity contribution in [3.05, 3.63) is 22.4 Å². The van der Waals surface area contributed by atoms with Crippen molar-refractivity contribution >= 4 is 23.2 Å². The molecule has 1 saturated heterocycles. The molecular weight excluding hydrogens is 334 g/mol. The smallest absolute Gasteiger partial charge is 0.242 e. The van der Waals surface area contributed by atoms with Gasteiger partial charge in [-0.1, -0.05) is 25.3 Å². The van der Waals surface area contributed by atoms with Gasteiger partial charge in [-0.3, -0.25) is 9.59 Å². The number of nitrogens with zero attached hydrogens (tertiary/aromatic N) is 1. The van der Waals surface area contributed by atoms with Gasteiger partial charge in [0, 0.05) is 30.4 Å². The maximum absolute atomic E-state index is 12.8. The number of amides is 2. The summed E-state index contributed by atoms with van der Waals surface area (Å²) in [5.74, 6) is 0.250. The Labute approximate surface area is 154 Å². The van der Waals surface area contributed by atoms with Crippen LogP contribution in [0.4, 0.5) is 0 Å². The van der Waals surface area contributed by atoms with Crippen LogP contribution in [0.1, 0.15) is 49.8 Å². The van der Waals surface area contributed by atoms with Crippen molar-refractivity contribution in [1.82, 2.24) is 10.2 Å². The molecule has 5 nitrogen and oxygen atoms in total. The lowest BCUT2D eigenvalue weighted by atomic mass is 9.81. The van der Waals surface area contributed by atoms with E-state index in [1.165, 1.54) is 11.3 Å². The zero-order chi connectivity index (χ0) is 17.7. The van der Waals surface area contributed by atoms with E-state index in [2.05, 4.69) is 16.8 Å². The molecule has 0 spiro atoms. The number of hydrogen-bond acceptors (Lipinski definition) is 4. The average molecular weight is 364 g/mol. The van der Waals surface area contributed by atoms with Crippen LogP contribution in [0.25, 0.3) is 0 Å². The topological polar surface area (TPSA) is 75.4 Å². The Bertz CT molecular complexity index is 573. The molecule has 2 aliphatic rings.